The smallest absolute Gasteiger partial charge is 0.246 e. The minimum atomic E-state index is 0.0686. The molecule has 0 unspecified atom stereocenters. The highest BCUT2D eigenvalue weighted by Gasteiger charge is 2.60. The van der Waals surface area contributed by atoms with Gasteiger partial charge in [0.1, 0.15) is 0 Å². The molecular formula is C28H36N4O2. The van der Waals surface area contributed by atoms with E-state index < -0.39 is 0 Å². The molecule has 4 aliphatic rings. The predicted molar refractivity (Wildman–Crippen MR) is 133 cm³/mol. The van der Waals surface area contributed by atoms with E-state index in [0.717, 1.165) is 23.9 Å². The van der Waals surface area contributed by atoms with Crippen LogP contribution in [0.3, 0.4) is 0 Å². The van der Waals surface area contributed by atoms with Gasteiger partial charge in [0.05, 0.1) is 11.0 Å². The molecule has 6 rings (SSSR count). The van der Waals surface area contributed by atoms with Crippen LogP contribution in [-0.2, 0) is 9.59 Å². The Hall–Kier alpha value is -2.63. The zero-order valence-electron chi connectivity index (χ0n) is 20.5. The van der Waals surface area contributed by atoms with Gasteiger partial charge < -0.3 is 9.88 Å². The zero-order chi connectivity index (χ0) is 23.7. The number of amides is 2. The summed E-state index contributed by atoms with van der Waals surface area (Å²) in [6, 6.07) is 8.17. The van der Waals surface area contributed by atoms with Crippen LogP contribution in [0.2, 0.25) is 0 Å². The number of likely N-dealkylation sites (N-methyl/N-ethyl adjacent to an activating group) is 1. The molecule has 2 N–H and O–H groups in total. The number of para-hydroxylation sites is 2. The molecule has 3 aliphatic carbocycles. The largest absolute Gasteiger partial charge is 0.338 e. The van der Waals surface area contributed by atoms with Gasteiger partial charge >= 0.3 is 0 Å². The Morgan fingerprint density at radius 1 is 1.15 bits per heavy atom. The number of H-pyrrole nitrogens is 1. The molecule has 1 aromatic carbocycles. The Kier molecular flexibility index (Phi) is 4.95. The molecule has 3 saturated carbocycles. The number of rotatable bonds is 3. The van der Waals surface area contributed by atoms with E-state index in [0.29, 0.717) is 42.1 Å². The molecule has 0 saturated heterocycles. The molecule has 0 radical (unpaired) electrons. The van der Waals surface area contributed by atoms with Crippen LogP contribution in [-0.4, -0.2) is 39.8 Å². The number of anilines is 1. The number of aromatic nitrogens is 2. The van der Waals surface area contributed by atoms with Crippen molar-refractivity contribution in [3.8, 4) is 0 Å². The molecule has 34 heavy (non-hydrogen) atoms. The molecule has 2 heterocycles. The average molecular weight is 461 g/mol. The zero-order valence-corrected chi connectivity index (χ0v) is 20.5. The quantitative estimate of drug-likeness (QED) is 0.665. The van der Waals surface area contributed by atoms with Gasteiger partial charge in [-0.3, -0.25) is 14.9 Å². The van der Waals surface area contributed by atoms with Crippen LogP contribution in [0.1, 0.15) is 58.8 Å². The fraction of sp³-hybridized carbons (Fsp3) is 0.607. The Morgan fingerprint density at radius 3 is 2.79 bits per heavy atom. The monoisotopic (exact) mass is 460 g/mol. The topological polar surface area (TPSA) is 78.1 Å². The highest BCUT2D eigenvalue weighted by molar-refractivity contribution is 5.91. The standard InChI is InChI=1S/C28H36N4O2/c1-27-14-12-20-18(9-11-23-28(20,2)15-13-25(34)32(23)3)19(27)10-8-17(27)16-24(33)31-26-29-21-6-4-5-7-22(21)30-26/h4-7,13,15,17-20,23H,8-12,14,16H2,1-3H3,(H2,29,30,31,33)/t17-,18+,19+,20+,23-,27-,28-/m1/s1. The maximum Gasteiger partial charge on any atom is 0.246 e. The first-order chi connectivity index (χ1) is 16.3. The molecule has 7 atom stereocenters. The van der Waals surface area contributed by atoms with Gasteiger partial charge in [0.25, 0.3) is 0 Å². The van der Waals surface area contributed by atoms with Crippen molar-refractivity contribution >= 4 is 28.8 Å². The predicted octanol–water partition coefficient (Wildman–Crippen LogP) is 5.15. The van der Waals surface area contributed by atoms with Crippen molar-refractivity contribution in [2.45, 2.75) is 64.8 Å². The van der Waals surface area contributed by atoms with Gasteiger partial charge in [0.2, 0.25) is 17.8 Å². The van der Waals surface area contributed by atoms with Gasteiger partial charge in [0, 0.05) is 24.9 Å². The second-order valence-electron chi connectivity index (χ2n) is 11.8. The van der Waals surface area contributed by atoms with Crippen LogP contribution in [0.15, 0.2) is 36.4 Å². The molecule has 1 aromatic heterocycles. The van der Waals surface area contributed by atoms with Crippen molar-refractivity contribution in [2.75, 3.05) is 12.4 Å². The highest BCUT2D eigenvalue weighted by atomic mass is 16.2. The Bertz CT molecular complexity index is 1140. The molecule has 6 nitrogen and oxygen atoms in total. The Labute approximate surface area is 201 Å². The Balaban J connectivity index is 1.17. The van der Waals surface area contributed by atoms with E-state index in [9.17, 15) is 9.59 Å². The lowest BCUT2D eigenvalue weighted by Gasteiger charge is -2.60. The van der Waals surface area contributed by atoms with Crippen LogP contribution >= 0.6 is 0 Å². The molecule has 1 aliphatic heterocycles. The van der Waals surface area contributed by atoms with E-state index in [4.69, 9.17) is 0 Å². The average Bonchev–Trinajstić information content (AvgIpc) is 3.36. The molecule has 0 bridgehead atoms. The fourth-order valence-electron chi connectivity index (χ4n) is 8.60. The maximum atomic E-state index is 13.0. The number of aromatic amines is 1. The number of carbonyl (C=O) groups is 2. The fourth-order valence-corrected chi connectivity index (χ4v) is 8.60. The second-order valence-corrected chi connectivity index (χ2v) is 11.8. The molecule has 2 aromatic rings. The van der Waals surface area contributed by atoms with Crippen molar-refractivity contribution in [3.05, 3.63) is 36.4 Å². The summed E-state index contributed by atoms with van der Waals surface area (Å²) in [4.78, 5) is 35.1. The minimum Gasteiger partial charge on any atom is -0.338 e. The minimum absolute atomic E-state index is 0.0686. The van der Waals surface area contributed by atoms with Gasteiger partial charge in [-0.2, -0.15) is 0 Å². The summed E-state index contributed by atoms with van der Waals surface area (Å²) in [5, 5.41) is 3.03. The number of nitrogens with zero attached hydrogens (tertiary/aromatic N) is 2. The number of benzene rings is 1. The van der Waals surface area contributed by atoms with Crippen LogP contribution in [0.25, 0.3) is 11.0 Å². The van der Waals surface area contributed by atoms with E-state index in [1.807, 2.05) is 42.3 Å². The van der Waals surface area contributed by atoms with Crippen molar-refractivity contribution in [3.63, 3.8) is 0 Å². The van der Waals surface area contributed by atoms with Crippen molar-refractivity contribution < 1.29 is 9.59 Å². The van der Waals surface area contributed by atoms with Crippen LogP contribution < -0.4 is 5.32 Å². The van der Waals surface area contributed by atoms with E-state index in [1.54, 1.807) is 0 Å². The third kappa shape index (κ3) is 3.17. The molecule has 3 fully saturated rings. The number of hydrogen-bond acceptors (Lipinski definition) is 3. The third-order valence-electron chi connectivity index (χ3n) is 10.4. The number of hydrogen-bond donors (Lipinski definition) is 2. The van der Waals surface area contributed by atoms with Gasteiger partial charge in [-0.15, -0.1) is 0 Å². The van der Waals surface area contributed by atoms with Gasteiger partial charge in [-0.25, -0.2) is 4.98 Å². The normalized spacial score (nSPS) is 39.0. The summed E-state index contributed by atoms with van der Waals surface area (Å²) >= 11 is 0. The summed E-state index contributed by atoms with van der Waals surface area (Å²) in [5.74, 6) is 3.17. The van der Waals surface area contributed by atoms with Gasteiger partial charge in [-0.1, -0.05) is 32.1 Å². The molecule has 180 valence electrons. The van der Waals surface area contributed by atoms with E-state index in [1.165, 1.54) is 25.7 Å². The summed E-state index contributed by atoms with van der Waals surface area (Å²) in [6.45, 7) is 4.85. The first kappa shape index (κ1) is 21.9. The van der Waals surface area contributed by atoms with E-state index in [2.05, 4.69) is 35.2 Å². The third-order valence-corrected chi connectivity index (χ3v) is 10.4. The van der Waals surface area contributed by atoms with Crippen molar-refractivity contribution in [1.29, 1.82) is 0 Å². The molecule has 6 heteroatoms. The molecule has 0 spiro atoms. The molecular weight excluding hydrogens is 424 g/mol. The summed E-state index contributed by atoms with van der Waals surface area (Å²) < 4.78 is 0. The number of imidazole rings is 1. The Morgan fingerprint density at radius 2 is 1.97 bits per heavy atom. The number of fused-ring (bicyclic) bond motifs is 6. The molecule has 2 amide bonds. The first-order valence-corrected chi connectivity index (χ1v) is 13.0. The maximum absolute atomic E-state index is 13.0. The summed E-state index contributed by atoms with van der Waals surface area (Å²) in [7, 11) is 1.98. The van der Waals surface area contributed by atoms with E-state index >= 15 is 0 Å². The summed E-state index contributed by atoms with van der Waals surface area (Å²) in [5.41, 5.74) is 2.11. The van der Waals surface area contributed by atoms with Crippen molar-refractivity contribution in [2.24, 2.45) is 34.5 Å². The van der Waals surface area contributed by atoms with Crippen molar-refractivity contribution in [1.82, 2.24) is 14.9 Å². The van der Waals surface area contributed by atoms with Crippen LogP contribution in [0.4, 0.5) is 5.95 Å². The second kappa shape index (κ2) is 7.69. The number of carbonyl (C=O) groups excluding carboxylic acids is 2. The van der Waals surface area contributed by atoms with Gasteiger partial charge in [-0.05, 0) is 85.8 Å². The first-order valence-electron chi connectivity index (χ1n) is 13.0. The lowest BCUT2D eigenvalue weighted by atomic mass is 9.47. The number of nitrogens with one attached hydrogen (secondary N) is 2. The van der Waals surface area contributed by atoms with E-state index in [-0.39, 0.29) is 22.6 Å². The van der Waals surface area contributed by atoms with Gasteiger partial charge in [0.15, 0.2) is 0 Å². The highest BCUT2D eigenvalue weighted by Crippen LogP contribution is 2.65. The van der Waals surface area contributed by atoms with Crippen LogP contribution in [0.5, 0.6) is 0 Å². The lowest BCUT2D eigenvalue weighted by molar-refractivity contribution is -0.139. The van der Waals surface area contributed by atoms with Crippen LogP contribution in [0, 0.1) is 34.5 Å². The summed E-state index contributed by atoms with van der Waals surface area (Å²) in [6.07, 6.45) is 11.6. The SMILES string of the molecule is CN1C(=O)C=C[C@]2(C)[C@H]3CC[C@]4(C)[C@@H](CC(=O)Nc5nc6ccccc6[nH]5)CC[C@H]4[C@@H]3CC[C@@H]12. The lowest BCUT2D eigenvalue weighted by Crippen LogP contribution is -2.59.